The molecule has 10 nitrogen and oxygen atoms in total. The molecule has 0 bridgehead atoms. The molecule has 13 heteroatoms. The summed E-state index contributed by atoms with van der Waals surface area (Å²) in [5, 5.41) is 0.310. The van der Waals surface area contributed by atoms with E-state index >= 15 is 0 Å². The Kier molecular flexibility index (Phi) is 10.9. The zero-order chi connectivity index (χ0) is 32.0. The molecule has 1 aromatic heterocycles. The van der Waals surface area contributed by atoms with Crippen molar-refractivity contribution in [3.63, 3.8) is 0 Å². The van der Waals surface area contributed by atoms with Crippen molar-refractivity contribution in [1.29, 1.82) is 0 Å². The Morgan fingerprint density at radius 2 is 1.93 bits per heavy atom. The summed E-state index contributed by atoms with van der Waals surface area (Å²) >= 11 is 11.1. The number of benzene rings is 2. The zero-order valence-electron chi connectivity index (χ0n) is 24.3. The number of rotatable bonds is 11. The molecular formula is C31H28BrClN2O8S. The van der Waals surface area contributed by atoms with Gasteiger partial charge in [0.15, 0.2) is 28.7 Å². The zero-order valence-corrected chi connectivity index (χ0v) is 27.4. The predicted octanol–water partition coefficient (Wildman–Crippen LogP) is 4.18. The van der Waals surface area contributed by atoms with Crippen LogP contribution in [0.1, 0.15) is 37.9 Å². The number of halogens is 2. The molecule has 0 spiro atoms. The minimum absolute atomic E-state index is 0.0435. The molecule has 0 fully saturated rings. The molecule has 1 aliphatic heterocycles. The van der Waals surface area contributed by atoms with Crippen LogP contribution < -0.4 is 29.1 Å². The summed E-state index contributed by atoms with van der Waals surface area (Å²) < 4.78 is 29.3. The third-order valence-corrected chi connectivity index (χ3v) is 8.14. The first kappa shape index (κ1) is 32.9. The van der Waals surface area contributed by atoms with Crippen LogP contribution in [0.2, 0.25) is 5.02 Å². The second-order valence-corrected chi connectivity index (χ2v) is 11.4. The fourth-order valence-corrected chi connectivity index (χ4v) is 6.49. The molecular weight excluding hydrogens is 676 g/mol. The summed E-state index contributed by atoms with van der Waals surface area (Å²) in [4.78, 5) is 43.9. The van der Waals surface area contributed by atoms with E-state index in [1.807, 2.05) is 0 Å². The van der Waals surface area contributed by atoms with Crippen molar-refractivity contribution >= 4 is 56.9 Å². The summed E-state index contributed by atoms with van der Waals surface area (Å²) in [6.45, 7) is 5.34. The summed E-state index contributed by atoms with van der Waals surface area (Å²) in [7, 11) is 1.26. The Hall–Kier alpha value is -4.05. The number of methoxy groups -OCH3 is 1. The summed E-state index contributed by atoms with van der Waals surface area (Å²) in [6, 6.07) is 7.49. The van der Waals surface area contributed by atoms with E-state index < -0.39 is 18.0 Å². The van der Waals surface area contributed by atoms with Gasteiger partial charge in [0.25, 0.3) is 5.56 Å². The highest BCUT2D eigenvalue weighted by Crippen LogP contribution is 2.37. The van der Waals surface area contributed by atoms with Crippen LogP contribution in [-0.2, 0) is 19.1 Å². The molecule has 0 N–H and O–H groups in total. The maximum Gasteiger partial charge on any atom is 0.343 e. The number of hydrogen-bond acceptors (Lipinski definition) is 10. The largest absolute Gasteiger partial charge is 0.490 e. The molecule has 44 heavy (non-hydrogen) atoms. The maximum absolute atomic E-state index is 14.0. The van der Waals surface area contributed by atoms with Crippen LogP contribution in [0.5, 0.6) is 17.2 Å². The molecule has 2 heterocycles. The van der Waals surface area contributed by atoms with Gasteiger partial charge in [0, 0.05) is 0 Å². The van der Waals surface area contributed by atoms with E-state index in [2.05, 4.69) is 31.6 Å². The average molecular weight is 704 g/mol. The first-order valence-corrected chi connectivity index (χ1v) is 15.3. The van der Waals surface area contributed by atoms with Gasteiger partial charge in [0.2, 0.25) is 0 Å². The van der Waals surface area contributed by atoms with Crippen molar-refractivity contribution in [2.75, 3.05) is 33.5 Å². The summed E-state index contributed by atoms with van der Waals surface area (Å²) in [6.07, 6.45) is 6.98. The van der Waals surface area contributed by atoms with Gasteiger partial charge in [-0.15, -0.1) is 6.42 Å². The second-order valence-electron chi connectivity index (χ2n) is 9.11. The molecule has 2 aromatic carbocycles. The number of fused-ring (bicyclic) bond motifs is 1. The smallest absolute Gasteiger partial charge is 0.343 e. The third-order valence-electron chi connectivity index (χ3n) is 6.29. The minimum atomic E-state index is -0.892. The SMILES string of the molecule is C#CCOc1c(Cl)cc(/C=c2\sc3n(c2=O)[C@@H](c2ccc(OCC(=O)OC)c(OCC)c2)C(C(=O)OCC)=C(C)N=3)cc1Br. The molecule has 0 radical (unpaired) electrons. The lowest BCUT2D eigenvalue weighted by Gasteiger charge is -2.25. The number of ether oxygens (including phenoxy) is 5. The molecule has 1 atom stereocenters. The molecule has 0 unspecified atom stereocenters. The van der Waals surface area contributed by atoms with E-state index in [9.17, 15) is 14.4 Å². The number of esters is 2. The lowest BCUT2D eigenvalue weighted by molar-refractivity contribution is -0.143. The minimum Gasteiger partial charge on any atom is -0.490 e. The molecule has 3 aromatic rings. The van der Waals surface area contributed by atoms with Gasteiger partial charge in [0.05, 0.1) is 51.7 Å². The lowest BCUT2D eigenvalue weighted by atomic mass is 9.95. The topological polar surface area (TPSA) is 115 Å². The number of carbonyl (C=O) groups excluding carboxylic acids is 2. The van der Waals surface area contributed by atoms with E-state index in [1.54, 1.807) is 57.2 Å². The Morgan fingerprint density at radius 3 is 2.59 bits per heavy atom. The number of nitrogens with zero attached hydrogens (tertiary/aromatic N) is 2. The lowest BCUT2D eigenvalue weighted by Crippen LogP contribution is -2.40. The Balaban J connectivity index is 1.88. The van der Waals surface area contributed by atoms with E-state index in [1.165, 1.54) is 23.0 Å². The van der Waals surface area contributed by atoms with Gasteiger partial charge in [-0.05, 0) is 78.2 Å². The van der Waals surface area contributed by atoms with Crippen LogP contribution in [0.25, 0.3) is 6.08 Å². The number of terminal acetylenes is 1. The Labute approximate surface area is 270 Å². The second kappa shape index (κ2) is 14.6. The van der Waals surface area contributed by atoms with Crippen molar-refractivity contribution in [2.45, 2.75) is 26.8 Å². The predicted molar refractivity (Wildman–Crippen MR) is 169 cm³/mol. The molecule has 0 saturated heterocycles. The monoisotopic (exact) mass is 702 g/mol. The molecule has 1 aliphatic rings. The first-order chi connectivity index (χ1) is 21.1. The molecule has 0 aliphatic carbocycles. The molecule has 4 rings (SSSR count). The Morgan fingerprint density at radius 1 is 1.16 bits per heavy atom. The van der Waals surface area contributed by atoms with Crippen LogP contribution in [0.3, 0.4) is 0 Å². The fraction of sp³-hybridized carbons (Fsp3) is 0.290. The highest BCUT2D eigenvalue weighted by Gasteiger charge is 2.34. The highest BCUT2D eigenvalue weighted by atomic mass is 79.9. The van der Waals surface area contributed by atoms with Crippen LogP contribution in [0.15, 0.2) is 55.9 Å². The number of aromatic nitrogens is 1. The standard InChI is InChI=1S/C31H28BrClN2O8S/c1-6-11-42-28-20(32)12-18(13-21(28)33)14-24-29(37)35-27(26(30(38)41-8-3)17(4)34-31(35)44-24)19-9-10-22(23(15-19)40-7-2)43-16-25(36)39-5/h1,9-10,12-15,27H,7-8,11,16H2,2-5H3/b24-14-/t27-/m0/s1. The number of thiazole rings is 1. The van der Waals surface area contributed by atoms with E-state index in [0.29, 0.717) is 59.5 Å². The van der Waals surface area contributed by atoms with Gasteiger partial charge < -0.3 is 23.7 Å². The molecule has 0 amide bonds. The van der Waals surface area contributed by atoms with Crippen LogP contribution in [0.4, 0.5) is 0 Å². The summed E-state index contributed by atoms with van der Waals surface area (Å²) in [5.74, 6) is 2.24. The highest BCUT2D eigenvalue weighted by molar-refractivity contribution is 9.10. The van der Waals surface area contributed by atoms with Crippen LogP contribution in [-0.4, -0.2) is 50.0 Å². The quantitative estimate of drug-likeness (QED) is 0.216. The van der Waals surface area contributed by atoms with Crippen molar-refractivity contribution in [3.8, 4) is 29.6 Å². The van der Waals surface area contributed by atoms with Crippen molar-refractivity contribution in [3.05, 3.63) is 81.9 Å². The van der Waals surface area contributed by atoms with Gasteiger partial charge in [0.1, 0.15) is 6.61 Å². The van der Waals surface area contributed by atoms with Gasteiger partial charge in [-0.1, -0.05) is 34.9 Å². The first-order valence-electron chi connectivity index (χ1n) is 13.3. The normalized spacial score (nSPS) is 14.3. The average Bonchev–Trinajstić information content (AvgIpc) is 3.29. The van der Waals surface area contributed by atoms with Gasteiger partial charge in [-0.2, -0.15) is 0 Å². The van der Waals surface area contributed by atoms with E-state index in [-0.39, 0.29) is 31.0 Å². The van der Waals surface area contributed by atoms with Gasteiger partial charge in [-0.3, -0.25) is 9.36 Å². The number of carbonyl (C=O) groups is 2. The van der Waals surface area contributed by atoms with Gasteiger partial charge >= 0.3 is 11.9 Å². The van der Waals surface area contributed by atoms with Crippen molar-refractivity contribution in [1.82, 2.24) is 4.57 Å². The van der Waals surface area contributed by atoms with E-state index in [0.717, 1.165) is 0 Å². The maximum atomic E-state index is 14.0. The third kappa shape index (κ3) is 7.01. The van der Waals surface area contributed by atoms with Gasteiger partial charge in [-0.25, -0.2) is 14.6 Å². The van der Waals surface area contributed by atoms with Crippen molar-refractivity contribution < 1.29 is 33.3 Å². The molecule has 230 valence electrons. The fourth-order valence-electron chi connectivity index (χ4n) is 4.45. The molecule has 0 saturated carbocycles. The number of hydrogen-bond donors (Lipinski definition) is 0. The van der Waals surface area contributed by atoms with Crippen molar-refractivity contribution in [2.24, 2.45) is 4.99 Å². The van der Waals surface area contributed by atoms with Crippen LogP contribution in [0, 0.1) is 12.3 Å². The van der Waals surface area contributed by atoms with E-state index in [4.69, 9.17) is 37.0 Å². The number of allylic oxidation sites excluding steroid dienone is 1. The van der Waals surface area contributed by atoms with Crippen LogP contribution >= 0.6 is 38.9 Å². The summed E-state index contributed by atoms with van der Waals surface area (Å²) in [5.41, 5.74) is 1.41. The Bertz CT molecular complexity index is 1830.